The van der Waals surface area contributed by atoms with Crippen molar-refractivity contribution >= 4 is 11.6 Å². The predicted octanol–water partition coefficient (Wildman–Crippen LogP) is 4.29. The number of carbonyl (C=O) groups is 1. The molecule has 0 aliphatic heterocycles. The van der Waals surface area contributed by atoms with Crippen LogP contribution in [-0.4, -0.2) is 12.5 Å². The monoisotopic (exact) mass is 376 g/mol. The van der Waals surface area contributed by atoms with Crippen LogP contribution in [0.5, 0.6) is 11.5 Å². The number of hydrogen-bond donors (Lipinski definition) is 1. The van der Waals surface area contributed by atoms with E-state index in [1.165, 1.54) is 18.2 Å². The summed E-state index contributed by atoms with van der Waals surface area (Å²) in [5, 5.41) is 11.6. The summed E-state index contributed by atoms with van der Waals surface area (Å²) >= 11 is 0. The maximum Gasteiger partial charge on any atom is 0.262 e. The van der Waals surface area contributed by atoms with Crippen molar-refractivity contribution in [2.24, 2.45) is 0 Å². The summed E-state index contributed by atoms with van der Waals surface area (Å²) in [5.41, 5.74) is 1.99. The van der Waals surface area contributed by atoms with Gasteiger partial charge in [-0.25, -0.2) is 4.39 Å². The molecule has 0 aromatic heterocycles. The lowest BCUT2D eigenvalue weighted by Crippen LogP contribution is -2.20. The summed E-state index contributed by atoms with van der Waals surface area (Å²) in [5.74, 6) is 0.0595. The zero-order chi connectivity index (χ0) is 19.8. The highest BCUT2D eigenvalue weighted by Gasteiger charge is 2.06. The minimum atomic E-state index is -0.428. The summed E-state index contributed by atoms with van der Waals surface area (Å²) < 4.78 is 24.1. The second-order valence-electron chi connectivity index (χ2n) is 5.92. The number of anilines is 1. The van der Waals surface area contributed by atoms with Gasteiger partial charge in [-0.2, -0.15) is 5.26 Å². The third-order valence-corrected chi connectivity index (χ3v) is 3.75. The SMILES string of the molecule is N#Cc1cccc(COc2cccc(NC(=O)COc3cccc(F)c3)c2)c1. The van der Waals surface area contributed by atoms with Gasteiger partial charge in [-0.1, -0.05) is 24.3 Å². The molecule has 3 aromatic rings. The first-order valence-corrected chi connectivity index (χ1v) is 8.52. The molecule has 0 aliphatic carbocycles. The van der Waals surface area contributed by atoms with E-state index in [4.69, 9.17) is 14.7 Å². The van der Waals surface area contributed by atoms with Gasteiger partial charge in [0.15, 0.2) is 6.61 Å². The Morgan fingerprint density at radius 3 is 2.50 bits per heavy atom. The van der Waals surface area contributed by atoms with Crippen molar-refractivity contribution in [2.75, 3.05) is 11.9 Å². The Balaban J connectivity index is 1.53. The van der Waals surface area contributed by atoms with Gasteiger partial charge in [-0.3, -0.25) is 4.79 Å². The van der Waals surface area contributed by atoms with Crippen molar-refractivity contribution in [3.63, 3.8) is 0 Å². The fourth-order valence-corrected chi connectivity index (χ4v) is 2.46. The average molecular weight is 376 g/mol. The van der Waals surface area contributed by atoms with Crippen LogP contribution in [0.25, 0.3) is 0 Å². The number of benzene rings is 3. The largest absolute Gasteiger partial charge is 0.489 e. The second-order valence-corrected chi connectivity index (χ2v) is 5.92. The molecule has 0 spiro atoms. The number of nitrogens with zero attached hydrogens (tertiary/aromatic N) is 1. The molecule has 0 saturated carbocycles. The molecule has 0 unspecified atom stereocenters. The number of ether oxygens (including phenoxy) is 2. The molecule has 0 atom stereocenters. The van der Waals surface area contributed by atoms with Crippen LogP contribution in [0.15, 0.2) is 72.8 Å². The number of halogens is 1. The Morgan fingerprint density at radius 2 is 1.71 bits per heavy atom. The lowest BCUT2D eigenvalue weighted by Gasteiger charge is -2.10. The Morgan fingerprint density at radius 1 is 0.964 bits per heavy atom. The van der Waals surface area contributed by atoms with Gasteiger partial charge in [-0.15, -0.1) is 0 Å². The maximum absolute atomic E-state index is 13.1. The van der Waals surface area contributed by atoms with Crippen molar-refractivity contribution in [3.05, 3.63) is 89.7 Å². The van der Waals surface area contributed by atoms with Gasteiger partial charge >= 0.3 is 0 Å². The van der Waals surface area contributed by atoms with Gasteiger partial charge in [0.25, 0.3) is 5.91 Å². The van der Waals surface area contributed by atoms with Crippen molar-refractivity contribution in [1.82, 2.24) is 0 Å². The lowest BCUT2D eigenvalue weighted by atomic mass is 10.1. The van der Waals surface area contributed by atoms with Gasteiger partial charge in [0.1, 0.15) is 23.9 Å². The number of rotatable bonds is 7. The average Bonchev–Trinajstić information content (AvgIpc) is 2.71. The van der Waals surface area contributed by atoms with E-state index in [0.717, 1.165) is 5.56 Å². The van der Waals surface area contributed by atoms with E-state index in [1.54, 1.807) is 48.5 Å². The highest BCUT2D eigenvalue weighted by Crippen LogP contribution is 2.19. The van der Waals surface area contributed by atoms with E-state index in [-0.39, 0.29) is 18.3 Å². The van der Waals surface area contributed by atoms with E-state index in [9.17, 15) is 9.18 Å². The molecule has 0 fully saturated rings. The van der Waals surface area contributed by atoms with E-state index < -0.39 is 5.82 Å². The quantitative estimate of drug-likeness (QED) is 0.668. The maximum atomic E-state index is 13.1. The fraction of sp³-hybridized carbons (Fsp3) is 0.0909. The summed E-state index contributed by atoms with van der Waals surface area (Å²) in [6.45, 7) is 0.0606. The molecule has 140 valence electrons. The van der Waals surface area contributed by atoms with E-state index in [2.05, 4.69) is 11.4 Å². The number of nitriles is 1. The van der Waals surface area contributed by atoms with Crippen LogP contribution in [-0.2, 0) is 11.4 Å². The molecular formula is C22H17FN2O3. The third kappa shape index (κ3) is 5.58. The van der Waals surface area contributed by atoms with Crippen LogP contribution in [0.2, 0.25) is 0 Å². The minimum Gasteiger partial charge on any atom is -0.489 e. The van der Waals surface area contributed by atoms with E-state index in [0.29, 0.717) is 23.6 Å². The highest BCUT2D eigenvalue weighted by atomic mass is 19.1. The molecular weight excluding hydrogens is 359 g/mol. The molecule has 0 bridgehead atoms. The number of carbonyl (C=O) groups excluding carboxylic acids is 1. The molecule has 0 aliphatic rings. The van der Waals surface area contributed by atoms with Gasteiger partial charge < -0.3 is 14.8 Å². The van der Waals surface area contributed by atoms with Crippen molar-refractivity contribution in [1.29, 1.82) is 5.26 Å². The van der Waals surface area contributed by atoms with E-state index >= 15 is 0 Å². The topological polar surface area (TPSA) is 71.3 Å². The Hall–Kier alpha value is -3.85. The van der Waals surface area contributed by atoms with Crippen LogP contribution in [0.1, 0.15) is 11.1 Å². The second kappa shape index (κ2) is 9.19. The Bertz CT molecular complexity index is 1010. The first-order chi connectivity index (χ1) is 13.6. The summed E-state index contributed by atoms with van der Waals surface area (Å²) in [7, 11) is 0. The zero-order valence-corrected chi connectivity index (χ0v) is 14.9. The summed E-state index contributed by atoms with van der Waals surface area (Å²) in [4.78, 5) is 12.0. The van der Waals surface area contributed by atoms with Gasteiger partial charge in [0.05, 0.1) is 11.6 Å². The Labute approximate surface area is 162 Å². The van der Waals surface area contributed by atoms with E-state index in [1.807, 2.05) is 6.07 Å². The molecule has 3 rings (SSSR count). The van der Waals surface area contributed by atoms with Crippen molar-refractivity contribution in [2.45, 2.75) is 6.61 Å². The Kier molecular flexibility index (Phi) is 6.21. The molecule has 1 N–H and O–H groups in total. The predicted molar refractivity (Wildman–Crippen MR) is 102 cm³/mol. The van der Waals surface area contributed by atoms with Gasteiger partial charge in [0.2, 0.25) is 0 Å². The molecule has 0 saturated heterocycles. The van der Waals surface area contributed by atoms with Crippen LogP contribution < -0.4 is 14.8 Å². The molecule has 3 aromatic carbocycles. The van der Waals surface area contributed by atoms with Crippen LogP contribution >= 0.6 is 0 Å². The van der Waals surface area contributed by atoms with Gasteiger partial charge in [0, 0.05) is 17.8 Å². The van der Waals surface area contributed by atoms with Crippen molar-refractivity contribution < 1.29 is 18.7 Å². The summed E-state index contributed by atoms with van der Waals surface area (Å²) in [6, 6.07) is 21.8. The number of nitrogens with one attached hydrogen (secondary N) is 1. The molecule has 6 heteroatoms. The van der Waals surface area contributed by atoms with Crippen LogP contribution in [0.4, 0.5) is 10.1 Å². The third-order valence-electron chi connectivity index (χ3n) is 3.75. The van der Waals surface area contributed by atoms with Crippen LogP contribution in [0.3, 0.4) is 0 Å². The molecule has 28 heavy (non-hydrogen) atoms. The standard InChI is InChI=1S/C22H17FN2O3/c23-18-6-2-8-20(11-18)28-15-22(26)25-19-7-3-9-21(12-19)27-14-17-5-1-4-16(10-17)13-24/h1-12H,14-15H2,(H,25,26). The number of amides is 1. The molecule has 1 amide bonds. The minimum absolute atomic E-state index is 0.241. The normalized spacial score (nSPS) is 10.0. The highest BCUT2D eigenvalue weighted by molar-refractivity contribution is 5.92. The first-order valence-electron chi connectivity index (χ1n) is 8.52. The molecule has 5 nitrogen and oxygen atoms in total. The zero-order valence-electron chi connectivity index (χ0n) is 14.9. The fourth-order valence-electron chi connectivity index (χ4n) is 2.46. The smallest absolute Gasteiger partial charge is 0.262 e. The van der Waals surface area contributed by atoms with Crippen molar-refractivity contribution in [3.8, 4) is 17.6 Å². The lowest BCUT2D eigenvalue weighted by molar-refractivity contribution is -0.118. The first kappa shape index (κ1) is 18.9. The summed E-state index contributed by atoms with van der Waals surface area (Å²) in [6.07, 6.45) is 0. The number of hydrogen-bond acceptors (Lipinski definition) is 4. The molecule has 0 radical (unpaired) electrons. The van der Waals surface area contributed by atoms with Crippen LogP contribution in [0, 0.1) is 17.1 Å². The molecule has 0 heterocycles. The van der Waals surface area contributed by atoms with Gasteiger partial charge in [-0.05, 0) is 42.0 Å².